The number of hydrogen-bond donors (Lipinski definition) is 2. The summed E-state index contributed by atoms with van der Waals surface area (Å²) in [5.74, 6) is 0.626. The number of benzene rings is 4. The molecule has 3 atom stereocenters. The molecule has 1 aromatic heterocycles. The molecular weight excluding hydrogens is 705 g/mol. The third-order valence-electron chi connectivity index (χ3n) is 11.2. The topological polar surface area (TPSA) is 129 Å². The number of fused-ring (bicyclic) bond motifs is 3. The molecule has 4 aromatic carbocycles. The Morgan fingerprint density at radius 3 is 2.12 bits per heavy atom. The van der Waals surface area contributed by atoms with Crippen LogP contribution in [0.4, 0.5) is 15.3 Å². The van der Waals surface area contributed by atoms with Crippen LogP contribution in [0.5, 0.6) is 0 Å². The number of carbonyl (C=O) groups excluding carboxylic acids is 3. The van der Waals surface area contributed by atoms with E-state index in [2.05, 4.69) is 77.0 Å². The summed E-state index contributed by atoms with van der Waals surface area (Å²) >= 11 is 0. The van der Waals surface area contributed by atoms with Gasteiger partial charge in [0.15, 0.2) is 0 Å². The van der Waals surface area contributed by atoms with Gasteiger partial charge in [0, 0.05) is 25.2 Å². The molecule has 3 aliphatic heterocycles. The molecule has 0 unspecified atom stereocenters. The van der Waals surface area contributed by atoms with Crippen LogP contribution in [0.3, 0.4) is 0 Å². The first-order valence-electron chi connectivity index (χ1n) is 19.7. The van der Waals surface area contributed by atoms with Gasteiger partial charge in [-0.3, -0.25) is 14.7 Å². The molecule has 0 spiro atoms. The van der Waals surface area contributed by atoms with Gasteiger partial charge in [0.05, 0.1) is 35.9 Å². The zero-order chi connectivity index (χ0) is 39.3. The number of aromatic amines is 1. The van der Waals surface area contributed by atoms with Gasteiger partial charge in [-0.1, -0.05) is 50.2 Å². The second kappa shape index (κ2) is 14.7. The zero-order valence-electron chi connectivity index (χ0n) is 33.0. The number of nitrogens with zero attached hydrogens (tertiary/aromatic N) is 4. The minimum absolute atomic E-state index is 0.0791. The lowest BCUT2D eigenvalue weighted by molar-refractivity contribution is -0.134. The molecule has 0 radical (unpaired) electrons. The van der Waals surface area contributed by atoms with E-state index in [-0.39, 0.29) is 30.0 Å². The first-order valence-corrected chi connectivity index (χ1v) is 19.7. The molecule has 11 nitrogen and oxygen atoms in total. The van der Waals surface area contributed by atoms with E-state index in [0.717, 1.165) is 92.5 Å². The number of carbonyl (C=O) groups is 3. The van der Waals surface area contributed by atoms with Gasteiger partial charge in [0.1, 0.15) is 17.5 Å². The molecule has 0 bridgehead atoms. The summed E-state index contributed by atoms with van der Waals surface area (Å²) < 4.78 is 10.5. The average molecular weight is 755 g/mol. The number of ether oxygens (including phenoxy) is 2. The van der Waals surface area contributed by atoms with Gasteiger partial charge in [-0.15, -0.1) is 0 Å². The molecule has 4 heterocycles. The van der Waals surface area contributed by atoms with Crippen molar-refractivity contribution in [3.63, 3.8) is 0 Å². The second-order valence-electron chi connectivity index (χ2n) is 16.6. The Kier molecular flexibility index (Phi) is 9.80. The lowest BCUT2D eigenvalue weighted by Crippen LogP contribution is -2.53. The molecule has 290 valence electrons. The van der Waals surface area contributed by atoms with Crippen molar-refractivity contribution in [3.05, 3.63) is 84.2 Å². The van der Waals surface area contributed by atoms with Crippen LogP contribution in [-0.4, -0.2) is 81.5 Å². The number of rotatable bonds is 7. The lowest BCUT2D eigenvalue weighted by atomic mass is 9.95. The van der Waals surface area contributed by atoms with E-state index in [1.807, 2.05) is 45.6 Å². The predicted octanol–water partition coefficient (Wildman–Crippen LogP) is 9.12. The van der Waals surface area contributed by atoms with E-state index in [0.29, 0.717) is 19.5 Å². The molecule has 2 saturated heterocycles. The van der Waals surface area contributed by atoms with Crippen LogP contribution in [0.1, 0.15) is 77.7 Å². The predicted molar refractivity (Wildman–Crippen MR) is 219 cm³/mol. The zero-order valence-corrected chi connectivity index (χ0v) is 33.0. The van der Waals surface area contributed by atoms with E-state index in [9.17, 15) is 14.4 Å². The summed E-state index contributed by atoms with van der Waals surface area (Å²) in [6.45, 7) is 10.8. The Hall–Kier alpha value is -5.71. The van der Waals surface area contributed by atoms with Gasteiger partial charge in [0.2, 0.25) is 5.91 Å². The van der Waals surface area contributed by atoms with Crippen molar-refractivity contribution in [3.8, 4) is 22.3 Å². The highest BCUT2D eigenvalue weighted by Gasteiger charge is 2.39. The summed E-state index contributed by atoms with van der Waals surface area (Å²) in [6, 6.07) is 25.0. The molecule has 56 heavy (non-hydrogen) atoms. The van der Waals surface area contributed by atoms with E-state index in [1.165, 1.54) is 7.11 Å². The molecule has 8 rings (SSSR count). The second-order valence-corrected chi connectivity index (χ2v) is 16.6. The number of methoxy groups -OCH3 is 1. The van der Waals surface area contributed by atoms with Crippen LogP contribution < -0.4 is 5.32 Å². The lowest BCUT2D eigenvalue weighted by Gasteiger charge is -2.30. The molecule has 3 amide bonds. The van der Waals surface area contributed by atoms with Crippen molar-refractivity contribution in [1.82, 2.24) is 25.1 Å². The highest BCUT2D eigenvalue weighted by atomic mass is 16.6. The molecule has 11 heteroatoms. The molecule has 2 fully saturated rings. The molecule has 0 saturated carbocycles. The summed E-state index contributed by atoms with van der Waals surface area (Å²) in [5.41, 5.74) is 8.83. The Balaban J connectivity index is 0.970. The smallest absolute Gasteiger partial charge is 0.410 e. The standard InChI is InChI=1S/C45H50N6O5/c1-26(2)40(49-43(53)55-6)42(52)50-19-7-9-38(50)37-25-33-23-31(15-17-34(33)46-37)29-12-11-28-22-30(14-13-27(28)21-29)32-16-18-35-36(24-32)48-41(47-35)39-10-8-20-51(39)44(54)56-45(3,4)5/h11-18,21-24,26,38-40H,7-10,19-20,25H2,1-6H3,(H,47,48)(H,49,53)/t38-,39-,40-/m0/s1. The number of likely N-dealkylation sites (tertiary alicyclic amines) is 2. The molecule has 3 aliphatic rings. The van der Waals surface area contributed by atoms with Crippen molar-refractivity contribution in [2.75, 3.05) is 20.2 Å². The van der Waals surface area contributed by atoms with Gasteiger partial charge in [-0.25, -0.2) is 14.6 Å². The van der Waals surface area contributed by atoms with Crippen LogP contribution >= 0.6 is 0 Å². The fraction of sp³-hybridized carbons (Fsp3) is 0.400. The summed E-state index contributed by atoms with van der Waals surface area (Å²) in [6.07, 6.45) is 3.30. The quantitative estimate of drug-likeness (QED) is 0.171. The number of hydrogen-bond acceptors (Lipinski definition) is 7. The van der Waals surface area contributed by atoms with Gasteiger partial charge in [-0.2, -0.15) is 0 Å². The number of H-pyrrole nitrogens is 1. The monoisotopic (exact) mass is 754 g/mol. The third-order valence-corrected chi connectivity index (χ3v) is 11.2. The van der Waals surface area contributed by atoms with Crippen LogP contribution in [-0.2, 0) is 20.7 Å². The number of amides is 3. The maximum atomic E-state index is 13.7. The van der Waals surface area contributed by atoms with Crippen molar-refractivity contribution >= 4 is 51.3 Å². The summed E-state index contributed by atoms with van der Waals surface area (Å²) in [7, 11) is 1.31. The maximum Gasteiger partial charge on any atom is 0.410 e. The van der Waals surface area contributed by atoms with Crippen molar-refractivity contribution in [1.29, 1.82) is 0 Å². The highest BCUT2D eigenvalue weighted by Crippen LogP contribution is 2.37. The van der Waals surface area contributed by atoms with Crippen molar-refractivity contribution in [2.45, 2.75) is 90.4 Å². The fourth-order valence-corrected chi connectivity index (χ4v) is 8.41. The molecule has 2 N–H and O–H groups in total. The number of alkyl carbamates (subject to hydrolysis) is 1. The van der Waals surface area contributed by atoms with Crippen LogP contribution in [0, 0.1) is 5.92 Å². The number of imidazole rings is 1. The van der Waals surface area contributed by atoms with E-state index in [4.69, 9.17) is 19.5 Å². The van der Waals surface area contributed by atoms with Gasteiger partial charge < -0.3 is 24.7 Å². The number of aliphatic imine (C=N–C) groups is 1. The third kappa shape index (κ3) is 7.34. The summed E-state index contributed by atoms with van der Waals surface area (Å²) in [5, 5.41) is 5.03. The maximum absolute atomic E-state index is 13.7. The minimum atomic E-state index is -0.655. The van der Waals surface area contributed by atoms with Crippen molar-refractivity contribution in [2.24, 2.45) is 10.9 Å². The van der Waals surface area contributed by atoms with Gasteiger partial charge >= 0.3 is 12.2 Å². The van der Waals surface area contributed by atoms with Crippen LogP contribution in [0.15, 0.2) is 77.8 Å². The van der Waals surface area contributed by atoms with Crippen molar-refractivity contribution < 1.29 is 23.9 Å². The van der Waals surface area contributed by atoms with Gasteiger partial charge in [-0.05, 0) is 127 Å². The SMILES string of the molecule is COC(=O)N[C@H](C(=O)N1CCC[C@H]1C1=Nc2ccc(-c3ccc4cc(-c5ccc6nc([C@@H]7CCCN7C(=O)OC(C)(C)C)[nH]c6c5)ccc4c3)cc2C1)C(C)C. The average Bonchev–Trinajstić information content (AvgIpc) is 4.00. The Morgan fingerprint density at radius 1 is 0.821 bits per heavy atom. The molecule has 0 aliphatic carbocycles. The first kappa shape index (κ1) is 37.2. The Morgan fingerprint density at radius 2 is 1.45 bits per heavy atom. The highest BCUT2D eigenvalue weighted by molar-refractivity contribution is 6.01. The largest absolute Gasteiger partial charge is 0.453 e. The Labute approximate surface area is 327 Å². The normalized spacial score (nSPS) is 18.7. The minimum Gasteiger partial charge on any atom is -0.453 e. The van der Waals surface area contributed by atoms with Gasteiger partial charge in [0.25, 0.3) is 0 Å². The summed E-state index contributed by atoms with van der Waals surface area (Å²) in [4.78, 5) is 55.7. The van der Waals surface area contributed by atoms with E-state index >= 15 is 0 Å². The first-order chi connectivity index (χ1) is 26.8. The van der Waals surface area contributed by atoms with Crippen LogP contribution in [0.25, 0.3) is 44.1 Å². The Bertz CT molecular complexity index is 2370. The van der Waals surface area contributed by atoms with E-state index < -0.39 is 17.7 Å². The van der Waals surface area contributed by atoms with E-state index in [1.54, 1.807) is 4.90 Å². The molecular formula is C45H50N6O5. The fourth-order valence-electron chi connectivity index (χ4n) is 8.41. The van der Waals surface area contributed by atoms with Crippen LogP contribution in [0.2, 0.25) is 0 Å². The number of aromatic nitrogens is 2. The molecule has 5 aromatic rings. The number of nitrogens with one attached hydrogen (secondary N) is 2.